The van der Waals surface area contributed by atoms with Crippen LogP contribution in [0.5, 0.6) is 0 Å². The molecule has 0 aliphatic rings. The average molecular weight is 243 g/mol. The van der Waals surface area contributed by atoms with Gasteiger partial charge in [0, 0.05) is 25.1 Å². The highest BCUT2D eigenvalue weighted by molar-refractivity contribution is 5.82. The summed E-state index contributed by atoms with van der Waals surface area (Å²) in [6.45, 7) is 11.2. The molecule has 0 amide bonds. The van der Waals surface area contributed by atoms with E-state index in [4.69, 9.17) is 15.9 Å². The van der Waals surface area contributed by atoms with E-state index >= 15 is 0 Å². The normalized spacial score (nSPS) is 12.4. The van der Waals surface area contributed by atoms with Gasteiger partial charge in [0.1, 0.15) is 0 Å². The van der Waals surface area contributed by atoms with Crippen molar-refractivity contribution in [2.75, 3.05) is 26.8 Å². The quantitative estimate of drug-likeness (QED) is 0.481. The predicted octanol–water partition coefficient (Wildman–Crippen LogP) is 2.09. The van der Waals surface area contributed by atoms with Crippen molar-refractivity contribution >= 4 is 5.84 Å². The highest BCUT2D eigenvalue weighted by Gasteiger charge is 2.21. The summed E-state index contributed by atoms with van der Waals surface area (Å²) in [5, 5.41) is 7.52. The average Bonchev–Trinajstić information content (AvgIpc) is 2.22. The highest BCUT2D eigenvalue weighted by Crippen LogP contribution is 2.22. The van der Waals surface area contributed by atoms with Crippen LogP contribution in [0.3, 0.4) is 0 Å². The topological polar surface area (TPSA) is 62.3 Å². The van der Waals surface area contributed by atoms with Crippen molar-refractivity contribution in [2.45, 2.75) is 46.6 Å². The molecule has 0 fully saturated rings. The third-order valence-corrected chi connectivity index (χ3v) is 3.29. The van der Waals surface area contributed by atoms with Gasteiger partial charge in [-0.15, -0.1) is 0 Å². The summed E-state index contributed by atoms with van der Waals surface area (Å²) in [5.74, 6) is 0.283. The first kappa shape index (κ1) is 16.4. The van der Waals surface area contributed by atoms with Gasteiger partial charge in [0.2, 0.25) is 0 Å². The van der Waals surface area contributed by atoms with Gasteiger partial charge < -0.3 is 10.5 Å². The summed E-state index contributed by atoms with van der Waals surface area (Å²) in [7, 11) is 1.73. The highest BCUT2D eigenvalue weighted by atomic mass is 16.5. The number of nitrogens with zero attached hydrogens (tertiary/aromatic N) is 1. The summed E-state index contributed by atoms with van der Waals surface area (Å²) < 4.78 is 5.11. The third-order valence-electron chi connectivity index (χ3n) is 3.29. The predicted molar refractivity (Wildman–Crippen MR) is 73.5 cm³/mol. The minimum absolute atomic E-state index is 0.177. The molecule has 17 heavy (non-hydrogen) atoms. The van der Waals surface area contributed by atoms with Gasteiger partial charge in [-0.3, -0.25) is 10.3 Å². The van der Waals surface area contributed by atoms with Gasteiger partial charge in [-0.1, -0.05) is 13.8 Å². The molecular formula is C13H29N3O. The van der Waals surface area contributed by atoms with E-state index in [1.807, 2.05) is 13.8 Å². The van der Waals surface area contributed by atoms with E-state index in [0.717, 1.165) is 32.5 Å². The number of amidine groups is 1. The van der Waals surface area contributed by atoms with Crippen LogP contribution in [0.2, 0.25) is 0 Å². The van der Waals surface area contributed by atoms with Crippen LogP contribution in [0.4, 0.5) is 0 Å². The Morgan fingerprint density at radius 2 is 1.94 bits per heavy atom. The molecule has 0 bridgehead atoms. The molecule has 0 aliphatic heterocycles. The maximum absolute atomic E-state index is 7.52. The number of rotatable bonds is 9. The van der Waals surface area contributed by atoms with Crippen molar-refractivity contribution < 1.29 is 4.74 Å². The second-order valence-electron chi connectivity index (χ2n) is 5.52. The van der Waals surface area contributed by atoms with Gasteiger partial charge in [-0.05, 0) is 33.2 Å². The number of hydrogen-bond acceptors (Lipinski definition) is 3. The zero-order valence-corrected chi connectivity index (χ0v) is 12.0. The molecule has 3 N–H and O–H groups in total. The molecule has 0 unspecified atom stereocenters. The first-order chi connectivity index (χ1) is 7.81. The zero-order chi connectivity index (χ0) is 13.5. The maximum atomic E-state index is 7.52. The van der Waals surface area contributed by atoms with E-state index in [1.54, 1.807) is 7.11 Å². The molecule has 0 radical (unpaired) electrons. The Bertz CT molecular complexity index is 227. The first-order valence-electron chi connectivity index (χ1n) is 6.38. The van der Waals surface area contributed by atoms with E-state index < -0.39 is 0 Å². The fourth-order valence-electron chi connectivity index (χ4n) is 1.70. The summed E-state index contributed by atoms with van der Waals surface area (Å²) in [6, 6.07) is 0.533. The van der Waals surface area contributed by atoms with Gasteiger partial charge in [0.15, 0.2) is 0 Å². The lowest BCUT2D eigenvalue weighted by Gasteiger charge is -2.28. The number of hydrogen-bond donors (Lipinski definition) is 2. The Morgan fingerprint density at radius 3 is 2.35 bits per heavy atom. The molecule has 0 atom stereocenters. The summed E-state index contributed by atoms with van der Waals surface area (Å²) in [4.78, 5) is 2.40. The largest absolute Gasteiger partial charge is 0.387 e. The molecule has 0 aromatic carbocycles. The molecule has 4 nitrogen and oxygen atoms in total. The summed E-state index contributed by atoms with van der Waals surface area (Å²) in [5.41, 5.74) is 5.40. The van der Waals surface area contributed by atoms with Crippen molar-refractivity contribution in [3.05, 3.63) is 0 Å². The molecule has 0 spiro atoms. The lowest BCUT2D eigenvalue weighted by Crippen LogP contribution is -2.36. The number of nitrogens with two attached hydrogens (primary N) is 1. The van der Waals surface area contributed by atoms with Crippen molar-refractivity contribution in [2.24, 2.45) is 11.1 Å². The Labute approximate surface area is 106 Å². The second-order valence-corrected chi connectivity index (χ2v) is 5.52. The monoisotopic (exact) mass is 243 g/mol. The van der Waals surface area contributed by atoms with Crippen LogP contribution in [0, 0.1) is 10.8 Å². The minimum Gasteiger partial charge on any atom is -0.387 e. The molecule has 0 saturated carbocycles. The Kier molecular flexibility index (Phi) is 7.39. The van der Waals surface area contributed by atoms with Gasteiger partial charge >= 0.3 is 0 Å². The van der Waals surface area contributed by atoms with Crippen LogP contribution in [0.1, 0.15) is 40.5 Å². The zero-order valence-electron chi connectivity index (χ0n) is 12.0. The van der Waals surface area contributed by atoms with E-state index in [1.165, 1.54) is 0 Å². The maximum Gasteiger partial charge on any atom is 0.0963 e. The molecule has 0 aromatic rings. The van der Waals surface area contributed by atoms with Crippen LogP contribution < -0.4 is 5.73 Å². The smallest absolute Gasteiger partial charge is 0.0963 e. The lowest BCUT2D eigenvalue weighted by atomic mass is 9.86. The molecule has 0 heterocycles. The van der Waals surface area contributed by atoms with Crippen LogP contribution in [0.25, 0.3) is 0 Å². The fourth-order valence-corrected chi connectivity index (χ4v) is 1.70. The van der Waals surface area contributed by atoms with Gasteiger partial charge in [0.25, 0.3) is 0 Å². The van der Waals surface area contributed by atoms with Crippen LogP contribution in [-0.2, 0) is 4.74 Å². The van der Waals surface area contributed by atoms with E-state index in [-0.39, 0.29) is 11.3 Å². The van der Waals surface area contributed by atoms with Crippen LogP contribution >= 0.6 is 0 Å². The Hall–Kier alpha value is -0.610. The van der Waals surface area contributed by atoms with Crippen LogP contribution in [0.15, 0.2) is 0 Å². The Morgan fingerprint density at radius 1 is 1.35 bits per heavy atom. The van der Waals surface area contributed by atoms with Gasteiger partial charge in [-0.25, -0.2) is 0 Å². The van der Waals surface area contributed by atoms with Gasteiger partial charge in [0.05, 0.1) is 12.4 Å². The molecule has 0 saturated heterocycles. The minimum atomic E-state index is -0.177. The summed E-state index contributed by atoms with van der Waals surface area (Å²) in [6.07, 6.45) is 2.02. The molecule has 4 heteroatoms. The van der Waals surface area contributed by atoms with Crippen LogP contribution in [-0.4, -0.2) is 43.6 Å². The molecule has 0 aliphatic carbocycles. The van der Waals surface area contributed by atoms with Crippen molar-refractivity contribution in [3.8, 4) is 0 Å². The molecule has 0 rings (SSSR count). The molecule has 102 valence electrons. The van der Waals surface area contributed by atoms with E-state index in [9.17, 15) is 0 Å². The third kappa shape index (κ3) is 6.64. The van der Waals surface area contributed by atoms with E-state index in [0.29, 0.717) is 6.04 Å². The number of nitrogens with one attached hydrogen (secondary N) is 1. The first-order valence-corrected chi connectivity index (χ1v) is 6.38. The van der Waals surface area contributed by atoms with Crippen molar-refractivity contribution in [1.82, 2.24) is 4.90 Å². The molecule has 0 aromatic heterocycles. The SMILES string of the molecule is COCCN(CCCC(C)(C)C(=N)N)C(C)C. The lowest BCUT2D eigenvalue weighted by molar-refractivity contribution is 0.126. The van der Waals surface area contributed by atoms with Crippen molar-refractivity contribution in [1.29, 1.82) is 5.41 Å². The van der Waals surface area contributed by atoms with E-state index in [2.05, 4.69) is 18.7 Å². The number of ether oxygens (including phenoxy) is 1. The second kappa shape index (κ2) is 7.67. The molecular weight excluding hydrogens is 214 g/mol. The van der Waals surface area contributed by atoms with Crippen molar-refractivity contribution in [3.63, 3.8) is 0 Å². The van der Waals surface area contributed by atoms with Gasteiger partial charge in [-0.2, -0.15) is 0 Å². The Balaban J connectivity index is 4.01. The number of methoxy groups -OCH3 is 1. The fraction of sp³-hybridized carbons (Fsp3) is 0.923. The summed E-state index contributed by atoms with van der Waals surface area (Å²) >= 11 is 0. The standard InChI is InChI=1S/C13H29N3O/c1-11(2)16(9-10-17-5)8-6-7-13(3,4)12(14)15/h11H,6-10H2,1-5H3,(H3,14,15).